The van der Waals surface area contributed by atoms with Crippen molar-refractivity contribution in [3.8, 4) is 17.2 Å². The van der Waals surface area contributed by atoms with E-state index in [0.717, 1.165) is 32.8 Å². The van der Waals surface area contributed by atoms with Crippen LogP contribution in [0.25, 0.3) is 0 Å². The van der Waals surface area contributed by atoms with Gasteiger partial charge < -0.3 is 19.9 Å². The Morgan fingerprint density at radius 2 is 1.43 bits per heavy atom. The molecular weight excluding hydrogens is 334 g/mol. The van der Waals surface area contributed by atoms with Crippen molar-refractivity contribution in [3.05, 3.63) is 52.0 Å². The van der Waals surface area contributed by atoms with Gasteiger partial charge in [-0.05, 0) is 42.0 Å². The van der Waals surface area contributed by atoms with Gasteiger partial charge in [0.2, 0.25) is 0 Å². The Morgan fingerprint density at radius 3 is 2.00 bits per heavy atom. The summed E-state index contributed by atoms with van der Waals surface area (Å²) in [6.07, 6.45) is 0. The maximum absolute atomic E-state index is 6.42. The van der Waals surface area contributed by atoms with Gasteiger partial charge in [0, 0.05) is 10.0 Å². The van der Waals surface area contributed by atoms with Gasteiger partial charge in [-0.3, -0.25) is 0 Å². The third kappa shape index (κ3) is 3.31. The lowest BCUT2D eigenvalue weighted by Crippen LogP contribution is -2.14. The van der Waals surface area contributed by atoms with Gasteiger partial charge in [-0.1, -0.05) is 15.9 Å². The molecule has 0 saturated carbocycles. The van der Waals surface area contributed by atoms with E-state index < -0.39 is 0 Å². The first-order chi connectivity index (χ1) is 10.1. The average Bonchev–Trinajstić information content (AvgIpc) is 2.54. The second-order valence-electron chi connectivity index (χ2n) is 4.47. The van der Waals surface area contributed by atoms with Gasteiger partial charge in [-0.25, -0.2) is 0 Å². The van der Waals surface area contributed by atoms with Gasteiger partial charge >= 0.3 is 0 Å². The molecule has 0 saturated heterocycles. The summed E-state index contributed by atoms with van der Waals surface area (Å²) in [4.78, 5) is 0. The number of benzene rings is 2. The minimum atomic E-state index is -0.362. The highest BCUT2D eigenvalue weighted by atomic mass is 79.9. The van der Waals surface area contributed by atoms with E-state index >= 15 is 0 Å². The average molecular weight is 352 g/mol. The van der Waals surface area contributed by atoms with Gasteiger partial charge in [0.1, 0.15) is 17.2 Å². The fraction of sp³-hybridized carbons (Fsp3) is 0.250. The molecule has 0 aliphatic heterocycles. The minimum Gasteiger partial charge on any atom is -0.497 e. The molecule has 0 aliphatic rings. The van der Waals surface area contributed by atoms with Crippen molar-refractivity contribution in [1.29, 1.82) is 0 Å². The van der Waals surface area contributed by atoms with Gasteiger partial charge in [0.25, 0.3) is 0 Å². The van der Waals surface area contributed by atoms with Crippen molar-refractivity contribution < 1.29 is 14.2 Å². The second kappa shape index (κ2) is 6.83. The lowest BCUT2D eigenvalue weighted by molar-refractivity contribution is 0.396. The Labute approximate surface area is 132 Å². The lowest BCUT2D eigenvalue weighted by Gasteiger charge is -2.19. The van der Waals surface area contributed by atoms with Crippen LogP contribution in [0.2, 0.25) is 0 Å². The summed E-state index contributed by atoms with van der Waals surface area (Å²) in [6.45, 7) is 0. The number of rotatable bonds is 5. The van der Waals surface area contributed by atoms with Crippen LogP contribution < -0.4 is 19.9 Å². The number of methoxy groups -OCH3 is 3. The standard InChI is InChI=1S/C16H18BrNO3/c1-19-10-4-6-14(17)12(8-10)16(18)13-9-11(20-2)5-7-15(13)21-3/h4-9,16H,18H2,1-3H3. The molecule has 2 rings (SSSR count). The molecule has 112 valence electrons. The molecule has 0 bridgehead atoms. The smallest absolute Gasteiger partial charge is 0.124 e. The van der Waals surface area contributed by atoms with Crippen LogP contribution >= 0.6 is 15.9 Å². The van der Waals surface area contributed by atoms with E-state index in [1.54, 1.807) is 21.3 Å². The maximum Gasteiger partial charge on any atom is 0.124 e. The molecule has 2 aromatic rings. The highest BCUT2D eigenvalue weighted by molar-refractivity contribution is 9.10. The molecule has 0 heterocycles. The molecule has 21 heavy (non-hydrogen) atoms. The molecule has 4 nitrogen and oxygen atoms in total. The fourth-order valence-electron chi connectivity index (χ4n) is 2.14. The third-order valence-corrected chi connectivity index (χ3v) is 4.03. The number of hydrogen-bond acceptors (Lipinski definition) is 4. The van der Waals surface area contributed by atoms with Crippen LogP contribution in [0.5, 0.6) is 17.2 Å². The highest BCUT2D eigenvalue weighted by Gasteiger charge is 2.18. The van der Waals surface area contributed by atoms with Gasteiger partial charge in [-0.15, -0.1) is 0 Å². The quantitative estimate of drug-likeness (QED) is 0.895. The molecule has 0 fully saturated rings. The fourth-order valence-corrected chi connectivity index (χ4v) is 2.63. The monoisotopic (exact) mass is 351 g/mol. The summed E-state index contributed by atoms with van der Waals surface area (Å²) < 4.78 is 16.9. The maximum atomic E-state index is 6.42. The predicted molar refractivity (Wildman–Crippen MR) is 86.3 cm³/mol. The second-order valence-corrected chi connectivity index (χ2v) is 5.33. The molecule has 0 amide bonds. The predicted octanol–water partition coefficient (Wildman–Crippen LogP) is 3.52. The first-order valence-electron chi connectivity index (χ1n) is 6.41. The Bertz CT molecular complexity index is 631. The number of hydrogen-bond donors (Lipinski definition) is 1. The molecular formula is C16H18BrNO3. The zero-order valence-electron chi connectivity index (χ0n) is 12.2. The van der Waals surface area contributed by atoms with Gasteiger partial charge in [-0.2, -0.15) is 0 Å². The summed E-state index contributed by atoms with van der Waals surface area (Å²) in [5.74, 6) is 2.21. The van der Waals surface area contributed by atoms with E-state index in [0.29, 0.717) is 0 Å². The van der Waals surface area contributed by atoms with Crippen molar-refractivity contribution in [1.82, 2.24) is 0 Å². The van der Waals surface area contributed by atoms with Crippen LogP contribution in [0.4, 0.5) is 0 Å². The summed E-state index contributed by atoms with van der Waals surface area (Å²) in [5.41, 5.74) is 8.19. The van der Waals surface area contributed by atoms with Crippen LogP contribution in [0.3, 0.4) is 0 Å². The van der Waals surface area contributed by atoms with Crippen molar-refractivity contribution in [2.24, 2.45) is 5.73 Å². The first kappa shape index (κ1) is 15.7. The number of ether oxygens (including phenoxy) is 3. The summed E-state index contributed by atoms with van der Waals surface area (Å²) >= 11 is 3.53. The van der Waals surface area contributed by atoms with Crippen LogP contribution in [0.1, 0.15) is 17.2 Å². The van der Waals surface area contributed by atoms with E-state index in [-0.39, 0.29) is 6.04 Å². The molecule has 0 radical (unpaired) electrons. The largest absolute Gasteiger partial charge is 0.497 e. The van der Waals surface area contributed by atoms with E-state index in [1.165, 1.54) is 0 Å². The lowest BCUT2D eigenvalue weighted by atomic mass is 9.98. The van der Waals surface area contributed by atoms with E-state index in [2.05, 4.69) is 15.9 Å². The van der Waals surface area contributed by atoms with Crippen molar-refractivity contribution in [2.75, 3.05) is 21.3 Å². The highest BCUT2D eigenvalue weighted by Crippen LogP contribution is 2.35. The molecule has 1 unspecified atom stereocenters. The normalized spacial score (nSPS) is 11.9. The zero-order valence-corrected chi connectivity index (χ0v) is 13.8. The van der Waals surface area contributed by atoms with E-state index in [9.17, 15) is 0 Å². The zero-order chi connectivity index (χ0) is 15.4. The molecule has 1 atom stereocenters. The molecule has 0 aliphatic carbocycles. The topological polar surface area (TPSA) is 53.7 Å². The molecule has 2 N–H and O–H groups in total. The van der Waals surface area contributed by atoms with Crippen LogP contribution in [0.15, 0.2) is 40.9 Å². The minimum absolute atomic E-state index is 0.362. The Kier molecular flexibility index (Phi) is 5.09. The Balaban J connectivity index is 2.50. The van der Waals surface area contributed by atoms with E-state index in [4.69, 9.17) is 19.9 Å². The Hall–Kier alpha value is -1.72. The first-order valence-corrected chi connectivity index (χ1v) is 7.21. The molecule has 0 aromatic heterocycles. The summed E-state index contributed by atoms with van der Waals surface area (Å²) in [6, 6.07) is 10.9. The van der Waals surface area contributed by atoms with Crippen molar-refractivity contribution in [2.45, 2.75) is 6.04 Å². The summed E-state index contributed by atoms with van der Waals surface area (Å²) in [5, 5.41) is 0. The van der Waals surface area contributed by atoms with Crippen LogP contribution in [0, 0.1) is 0 Å². The number of halogens is 1. The SMILES string of the molecule is COc1ccc(Br)c(C(N)c2cc(OC)ccc2OC)c1. The Morgan fingerprint density at radius 1 is 0.857 bits per heavy atom. The van der Waals surface area contributed by atoms with E-state index in [1.807, 2.05) is 36.4 Å². The molecule has 5 heteroatoms. The molecule has 2 aromatic carbocycles. The van der Waals surface area contributed by atoms with Crippen molar-refractivity contribution >= 4 is 15.9 Å². The van der Waals surface area contributed by atoms with Crippen molar-refractivity contribution in [3.63, 3.8) is 0 Å². The van der Waals surface area contributed by atoms with Crippen LogP contribution in [-0.4, -0.2) is 21.3 Å². The van der Waals surface area contributed by atoms with Crippen LogP contribution in [-0.2, 0) is 0 Å². The number of nitrogens with two attached hydrogens (primary N) is 1. The summed E-state index contributed by atoms with van der Waals surface area (Å²) in [7, 11) is 4.88. The van der Waals surface area contributed by atoms with Gasteiger partial charge in [0.05, 0.1) is 27.4 Å². The van der Waals surface area contributed by atoms with Gasteiger partial charge in [0.15, 0.2) is 0 Å². The molecule has 0 spiro atoms. The third-order valence-electron chi connectivity index (χ3n) is 3.31.